The highest BCUT2D eigenvalue weighted by atomic mass is 35.5. The van der Waals surface area contributed by atoms with Crippen LogP contribution in [-0.2, 0) is 9.53 Å². The number of hydrogen-bond donors (Lipinski definition) is 1. The number of halogens is 1. The van der Waals surface area contributed by atoms with Crippen molar-refractivity contribution in [1.82, 2.24) is 5.32 Å². The minimum absolute atomic E-state index is 0.0399. The van der Waals surface area contributed by atoms with Crippen molar-refractivity contribution >= 4 is 29.2 Å². The fourth-order valence-corrected chi connectivity index (χ4v) is 2.91. The zero-order valence-electron chi connectivity index (χ0n) is 15.6. The molecule has 2 aromatic carbocycles. The Hall–Kier alpha value is -2.93. The Bertz CT molecular complexity index is 855. The number of carbonyl (C=O) groups excluding carboxylic acids is 2. The van der Waals surface area contributed by atoms with E-state index in [1.54, 1.807) is 0 Å². The number of ether oxygens (including phenoxy) is 1. The lowest BCUT2D eigenvalue weighted by Crippen LogP contribution is -2.33. The summed E-state index contributed by atoms with van der Waals surface area (Å²) in [5.41, 5.74) is 0.690. The van der Waals surface area contributed by atoms with E-state index < -0.39 is 23.4 Å². The van der Waals surface area contributed by atoms with E-state index in [0.29, 0.717) is 5.92 Å². The number of carbonyl (C=O) groups is 2. The quantitative estimate of drug-likeness (QED) is 0.401. The van der Waals surface area contributed by atoms with E-state index >= 15 is 0 Å². The zero-order valence-corrected chi connectivity index (χ0v) is 16.3. The molecular weight excluding hydrogens is 384 g/mol. The van der Waals surface area contributed by atoms with Gasteiger partial charge in [0.1, 0.15) is 0 Å². The molecule has 2 rings (SSSR count). The fraction of sp³-hybridized carbons (Fsp3) is 0.300. The molecule has 0 bridgehead atoms. The van der Waals surface area contributed by atoms with Gasteiger partial charge in [0.05, 0.1) is 21.6 Å². The summed E-state index contributed by atoms with van der Waals surface area (Å²) >= 11 is 5.90. The number of nitrogens with zero attached hydrogens (tertiary/aromatic N) is 1. The number of benzene rings is 2. The number of non-ortho nitro benzene ring substituents is 1. The van der Waals surface area contributed by atoms with Gasteiger partial charge in [-0.25, -0.2) is 4.79 Å². The average Bonchev–Trinajstić information content (AvgIpc) is 2.65. The molecule has 1 unspecified atom stereocenters. The summed E-state index contributed by atoms with van der Waals surface area (Å²) in [5.74, 6) is -0.914. The van der Waals surface area contributed by atoms with Crippen LogP contribution < -0.4 is 5.32 Å². The van der Waals surface area contributed by atoms with Crippen LogP contribution in [0.4, 0.5) is 5.69 Å². The van der Waals surface area contributed by atoms with E-state index in [2.05, 4.69) is 19.2 Å². The molecule has 148 valence electrons. The summed E-state index contributed by atoms with van der Waals surface area (Å²) in [6.45, 7) is 3.63. The van der Waals surface area contributed by atoms with Gasteiger partial charge in [0.2, 0.25) is 0 Å². The lowest BCUT2D eigenvalue weighted by molar-refractivity contribution is -0.384. The standard InChI is InChI=1S/C20H21ClN2O5/c1-13(2)10-18(14-6-4-3-5-7-14)22-19(24)12-28-20(25)16-9-8-15(23(26)27)11-17(16)21/h3-9,11,13,18H,10,12H2,1-2H3,(H,22,24). The maximum Gasteiger partial charge on any atom is 0.340 e. The highest BCUT2D eigenvalue weighted by molar-refractivity contribution is 6.33. The van der Waals surface area contributed by atoms with Crippen molar-refractivity contribution in [3.63, 3.8) is 0 Å². The predicted molar refractivity (Wildman–Crippen MR) is 105 cm³/mol. The SMILES string of the molecule is CC(C)CC(NC(=O)COC(=O)c1ccc([N+](=O)[O-])cc1Cl)c1ccccc1. The molecule has 0 aromatic heterocycles. The number of esters is 1. The Morgan fingerprint density at radius 1 is 1.18 bits per heavy atom. The first-order valence-electron chi connectivity index (χ1n) is 8.73. The van der Waals surface area contributed by atoms with Gasteiger partial charge in [-0.2, -0.15) is 0 Å². The summed E-state index contributed by atoms with van der Waals surface area (Å²) < 4.78 is 5.01. The normalized spacial score (nSPS) is 11.7. The van der Waals surface area contributed by atoms with Crippen LogP contribution in [0, 0.1) is 16.0 Å². The minimum atomic E-state index is -0.824. The number of nitro benzene ring substituents is 1. The molecule has 0 radical (unpaired) electrons. The molecule has 0 fully saturated rings. The molecule has 0 aliphatic heterocycles. The van der Waals surface area contributed by atoms with Gasteiger partial charge in [-0.3, -0.25) is 14.9 Å². The van der Waals surface area contributed by atoms with Gasteiger partial charge in [0.25, 0.3) is 11.6 Å². The first-order valence-corrected chi connectivity index (χ1v) is 9.11. The Balaban J connectivity index is 1.98. The highest BCUT2D eigenvalue weighted by Gasteiger charge is 2.19. The Morgan fingerprint density at radius 3 is 2.43 bits per heavy atom. The van der Waals surface area contributed by atoms with Crippen LogP contribution in [0.15, 0.2) is 48.5 Å². The maximum atomic E-state index is 12.3. The fourth-order valence-electron chi connectivity index (χ4n) is 2.66. The maximum absolute atomic E-state index is 12.3. The van der Waals surface area contributed by atoms with Crippen LogP contribution in [0.2, 0.25) is 5.02 Å². The van der Waals surface area contributed by atoms with Gasteiger partial charge in [0, 0.05) is 12.1 Å². The van der Waals surface area contributed by atoms with E-state index in [-0.39, 0.29) is 22.3 Å². The van der Waals surface area contributed by atoms with Gasteiger partial charge in [0.15, 0.2) is 6.61 Å². The van der Waals surface area contributed by atoms with E-state index in [1.165, 1.54) is 6.07 Å². The summed E-state index contributed by atoms with van der Waals surface area (Å²) in [7, 11) is 0. The van der Waals surface area contributed by atoms with Gasteiger partial charge in [-0.15, -0.1) is 0 Å². The molecule has 0 saturated heterocycles. The lowest BCUT2D eigenvalue weighted by Gasteiger charge is -2.21. The molecule has 7 nitrogen and oxygen atoms in total. The second-order valence-corrected chi connectivity index (χ2v) is 7.06. The van der Waals surface area contributed by atoms with E-state index in [0.717, 1.165) is 24.1 Å². The first-order chi connectivity index (χ1) is 13.3. The molecular formula is C20H21ClN2O5. The van der Waals surface area contributed by atoms with Crippen LogP contribution in [-0.4, -0.2) is 23.4 Å². The summed E-state index contributed by atoms with van der Waals surface area (Å²) in [6, 6.07) is 12.8. The molecule has 28 heavy (non-hydrogen) atoms. The van der Waals surface area contributed by atoms with Crippen molar-refractivity contribution in [2.24, 2.45) is 5.92 Å². The Labute approximate surface area is 167 Å². The van der Waals surface area contributed by atoms with Crippen molar-refractivity contribution in [3.8, 4) is 0 Å². The topological polar surface area (TPSA) is 98.5 Å². The molecule has 1 amide bonds. The van der Waals surface area contributed by atoms with E-state index in [4.69, 9.17) is 16.3 Å². The van der Waals surface area contributed by atoms with Gasteiger partial charge < -0.3 is 10.1 Å². The van der Waals surface area contributed by atoms with Crippen molar-refractivity contribution < 1.29 is 19.2 Å². The van der Waals surface area contributed by atoms with Crippen molar-refractivity contribution in [2.45, 2.75) is 26.3 Å². The highest BCUT2D eigenvalue weighted by Crippen LogP contribution is 2.23. The van der Waals surface area contributed by atoms with Crippen LogP contribution in [0.5, 0.6) is 0 Å². The second kappa shape index (κ2) is 9.85. The molecule has 0 heterocycles. The molecule has 1 N–H and O–H groups in total. The first kappa shape index (κ1) is 21.4. The summed E-state index contributed by atoms with van der Waals surface area (Å²) in [6.07, 6.45) is 0.734. The molecule has 1 atom stereocenters. The third-order valence-corrected chi connectivity index (χ3v) is 4.27. The molecule has 0 saturated carbocycles. The van der Waals surface area contributed by atoms with Crippen LogP contribution in [0.1, 0.15) is 42.2 Å². The number of nitrogens with one attached hydrogen (secondary N) is 1. The van der Waals surface area contributed by atoms with Crippen molar-refractivity contribution in [1.29, 1.82) is 0 Å². The van der Waals surface area contributed by atoms with Gasteiger partial charge >= 0.3 is 5.97 Å². The summed E-state index contributed by atoms with van der Waals surface area (Å²) in [4.78, 5) is 34.5. The van der Waals surface area contributed by atoms with Crippen molar-refractivity contribution in [3.05, 3.63) is 74.8 Å². The van der Waals surface area contributed by atoms with E-state index in [1.807, 2.05) is 30.3 Å². The minimum Gasteiger partial charge on any atom is -0.452 e. The van der Waals surface area contributed by atoms with Crippen LogP contribution >= 0.6 is 11.6 Å². The smallest absolute Gasteiger partial charge is 0.340 e. The third-order valence-electron chi connectivity index (χ3n) is 3.96. The van der Waals surface area contributed by atoms with Crippen molar-refractivity contribution in [2.75, 3.05) is 6.61 Å². The molecule has 0 spiro atoms. The van der Waals surface area contributed by atoms with Gasteiger partial charge in [-0.05, 0) is 24.0 Å². The Kier molecular flexibility index (Phi) is 7.52. The number of hydrogen-bond acceptors (Lipinski definition) is 5. The predicted octanol–water partition coefficient (Wildman–Crippen LogP) is 4.31. The van der Waals surface area contributed by atoms with E-state index in [9.17, 15) is 19.7 Å². The molecule has 2 aromatic rings. The zero-order chi connectivity index (χ0) is 20.7. The molecule has 0 aliphatic rings. The third kappa shape index (κ3) is 6.06. The van der Waals surface area contributed by atoms with Crippen LogP contribution in [0.3, 0.4) is 0 Å². The number of rotatable bonds is 8. The number of nitro groups is 1. The molecule has 0 aliphatic carbocycles. The second-order valence-electron chi connectivity index (χ2n) is 6.66. The lowest BCUT2D eigenvalue weighted by atomic mass is 9.97. The Morgan fingerprint density at radius 2 is 1.86 bits per heavy atom. The largest absolute Gasteiger partial charge is 0.452 e. The van der Waals surface area contributed by atoms with Crippen LogP contribution in [0.25, 0.3) is 0 Å². The monoisotopic (exact) mass is 404 g/mol. The molecule has 8 heteroatoms. The number of amides is 1. The summed E-state index contributed by atoms with van der Waals surface area (Å²) in [5, 5.41) is 13.5. The van der Waals surface area contributed by atoms with Gasteiger partial charge in [-0.1, -0.05) is 55.8 Å². The average molecular weight is 405 g/mol.